The molecule has 0 unspecified atom stereocenters. The normalized spacial score (nSPS) is 19.9. The quantitative estimate of drug-likeness (QED) is 0.478. The van der Waals surface area contributed by atoms with Gasteiger partial charge in [-0.25, -0.2) is 9.13 Å². The second-order valence-electron chi connectivity index (χ2n) is 6.23. The van der Waals surface area contributed by atoms with E-state index in [0.29, 0.717) is 0 Å². The van der Waals surface area contributed by atoms with Gasteiger partial charge in [0.2, 0.25) is 0 Å². The van der Waals surface area contributed by atoms with Crippen LogP contribution in [0.25, 0.3) is 16.6 Å². The molecule has 0 spiro atoms. The van der Waals surface area contributed by atoms with Crippen molar-refractivity contribution in [1.29, 1.82) is 0 Å². The minimum Gasteiger partial charge on any atom is -1.00 e. The Morgan fingerprint density at radius 2 is 2.08 bits per heavy atom. The summed E-state index contributed by atoms with van der Waals surface area (Å²) >= 11 is 8.20. The van der Waals surface area contributed by atoms with Gasteiger partial charge in [0.25, 0.3) is 5.82 Å². The molecule has 1 aromatic heterocycles. The fraction of sp³-hybridized carbons (Fsp3) is 0.421. The summed E-state index contributed by atoms with van der Waals surface area (Å²) in [5.41, 5.74) is 3.96. The summed E-state index contributed by atoms with van der Waals surface area (Å²) in [4.78, 5) is 2.46. The molecule has 0 radical (unpaired) electrons. The van der Waals surface area contributed by atoms with Crippen LogP contribution in [0.1, 0.15) is 26.1 Å². The van der Waals surface area contributed by atoms with Crippen LogP contribution in [-0.2, 0) is 13.1 Å². The first-order chi connectivity index (χ1) is 11.7. The van der Waals surface area contributed by atoms with Gasteiger partial charge in [-0.05, 0) is 38.1 Å². The van der Waals surface area contributed by atoms with E-state index in [2.05, 4.69) is 52.2 Å². The van der Waals surface area contributed by atoms with Crippen LogP contribution in [0.3, 0.4) is 0 Å². The summed E-state index contributed by atoms with van der Waals surface area (Å²) in [5, 5.41) is 2.22. The number of fused-ring (bicyclic) bond motifs is 3. The van der Waals surface area contributed by atoms with E-state index in [-0.39, 0.29) is 24.0 Å². The first-order valence-electron chi connectivity index (χ1n) is 8.73. The Balaban J connectivity index is 0.00000182. The zero-order chi connectivity index (χ0) is 16.7. The van der Waals surface area contributed by atoms with Gasteiger partial charge in [0.15, 0.2) is 11.0 Å². The summed E-state index contributed by atoms with van der Waals surface area (Å²) in [6, 6.07) is 6.24. The lowest BCUT2D eigenvalue weighted by molar-refractivity contribution is -0.670. The summed E-state index contributed by atoms with van der Waals surface area (Å²) in [6.07, 6.45) is 5.76. The average Bonchev–Trinajstić information content (AvgIpc) is 3.26. The summed E-state index contributed by atoms with van der Waals surface area (Å²) in [6.45, 7) is 8.72. The molecule has 0 saturated carbocycles. The van der Waals surface area contributed by atoms with Crippen LogP contribution in [0.15, 0.2) is 35.4 Å². The number of allylic oxidation sites excluding steroid dienone is 3. The van der Waals surface area contributed by atoms with Crippen molar-refractivity contribution >= 4 is 40.0 Å². The zero-order valence-corrected chi connectivity index (χ0v) is 18.4. The number of aryl methyl sites for hydroxylation is 2. The molecule has 25 heavy (non-hydrogen) atoms. The Hall–Kier alpha value is -0.660. The van der Waals surface area contributed by atoms with Crippen LogP contribution in [0, 0.1) is 0 Å². The molecule has 0 bridgehead atoms. The van der Waals surface area contributed by atoms with Gasteiger partial charge in [-0.2, -0.15) is 0 Å². The van der Waals surface area contributed by atoms with E-state index >= 15 is 0 Å². The summed E-state index contributed by atoms with van der Waals surface area (Å²) in [5.74, 6) is 2.55. The van der Waals surface area contributed by atoms with Crippen molar-refractivity contribution in [2.24, 2.45) is 0 Å². The molecular formula is C19H23ClIN3S. The monoisotopic (exact) mass is 487 g/mol. The minimum atomic E-state index is 0. The molecule has 0 aliphatic carbocycles. The molecule has 3 nitrogen and oxygen atoms in total. The van der Waals surface area contributed by atoms with E-state index in [4.69, 9.17) is 11.6 Å². The highest BCUT2D eigenvalue weighted by atomic mass is 127. The van der Waals surface area contributed by atoms with Crippen LogP contribution >= 0.6 is 23.4 Å². The molecule has 3 heterocycles. The predicted molar refractivity (Wildman–Crippen MR) is 103 cm³/mol. The third-order valence-electron chi connectivity index (χ3n) is 4.97. The van der Waals surface area contributed by atoms with Crippen LogP contribution in [0.2, 0.25) is 5.02 Å². The lowest BCUT2D eigenvalue weighted by atomic mass is 10.2. The first-order valence-corrected chi connectivity index (χ1v) is 10.1. The van der Waals surface area contributed by atoms with Crippen molar-refractivity contribution in [2.45, 2.75) is 33.4 Å². The highest BCUT2D eigenvalue weighted by molar-refractivity contribution is 8.03. The second-order valence-corrected chi connectivity index (χ2v) is 7.78. The molecule has 6 heteroatoms. The molecule has 2 aliphatic rings. The zero-order valence-electron chi connectivity index (χ0n) is 14.6. The molecule has 0 N–H and O–H groups in total. The van der Waals surface area contributed by atoms with Crippen molar-refractivity contribution in [3.63, 3.8) is 0 Å². The predicted octanol–water partition coefficient (Wildman–Crippen LogP) is 1.30. The SMILES string of the molecule is CCN1CCSC1=CC=C1CCn2c1[n+](CC)c1cc(Cl)ccc12.[I-]. The number of aromatic nitrogens is 2. The maximum atomic E-state index is 6.23. The van der Waals surface area contributed by atoms with Crippen LogP contribution < -0.4 is 28.5 Å². The van der Waals surface area contributed by atoms with Gasteiger partial charge in [0, 0.05) is 41.9 Å². The van der Waals surface area contributed by atoms with E-state index < -0.39 is 0 Å². The minimum absolute atomic E-state index is 0. The van der Waals surface area contributed by atoms with E-state index in [1.54, 1.807) is 0 Å². The van der Waals surface area contributed by atoms with E-state index in [1.807, 2.05) is 17.8 Å². The maximum absolute atomic E-state index is 6.23. The molecule has 134 valence electrons. The summed E-state index contributed by atoms with van der Waals surface area (Å²) in [7, 11) is 0. The van der Waals surface area contributed by atoms with Gasteiger partial charge in [-0.15, -0.1) is 11.8 Å². The fourth-order valence-electron chi connectivity index (χ4n) is 3.81. The van der Waals surface area contributed by atoms with Gasteiger partial charge in [0.05, 0.1) is 18.1 Å². The Kier molecular flexibility index (Phi) is 6.06. The number of imidazole rings is 1. The molecule has 2 aromatic rings. The second kappa shape index (κ2) is 7.92. The number of rotatable bonds is 3. The van der Waals surface area contributed by atoms with Gasteiger partial charge >= 0.3 is 0 Å². The maximum Gasteiger partial charge on any atom is 0.285 e. The van der Waals surface area contributed by atoms with Gasteiger partial charge < -0.3 is 28.9 Å². The highest BCUT2D eigenvalue weighted by Crippen LogP contribution is 2.32. The Morgan fingerprint density at radius 1 is 1.24 bits per heavy atom. The van der Waals surface area contributed by atoms with Crippen LogP contribution in [-0.4, -0.2) is 28.3 Å². The van der Waals surface area contributed by atoms with Crippen molar-refractivity contribution in [1.82, 2.24) is 9.47 Å². The number of hydrogen-bond donors (Lipinski definition) is 0. The molecule has 1 saturated heterocycles. The molecule has 0 amide bonds. The van der Waals surface area contributed by atoms with Crippen LogP contribution in [0.5, 0.6) is 0 Å². The van der Waals surface area contributed by atoms with E-state index in [0.717, 1.165) is 31.1 Å². The van der Waals surface area contributed by atoms with Crippen LogP contribution in [0.4, 0.5) is 0 Å². The Bertz CT molecular complexity index is 856. The molecule has 2 aliphatic heterocycles. The van der Waals surface area contributed by atoms with Crippen molar-refractivity contribution < 1.29 is 28.5 Å². The lowest BCUT2D eigenvalue weighted by Gasteiger charge is -2.15. The average molecular weight is 488 g/mol. The smallest absolute Gasteiger partial charge is 0.285 e. The number of hydrogen-bond acceptors (Lipinski definition) is 2. The number of benzene rings is 1. The molecule has 1 fully saturated rings. The fourth-order valence-corrected chi connectivity index (χ4v) is 5.07. The topological polar surface area (TPSA) is 12.1 Å². The van der Waals surface area contributed by atoms with Crippen molar-refractivity contribution in [3.05, 3.63) is 46.2 Å². The van der Waals surface area contributed by atoms with E-state index in [1.165, 1.54) is 39.8 Å². The van der Waals surface area contributed by atoms with Gasteiger partial charge in [0.1, 0.15) is 0 Å². The standard InChI is InChI=1S/C19H23ClN3S.HI/c1-3-21-11-12-24-18(21)8-5-14-9-10-23-16-7-6-15(20)13-17(16)22(4-2)19(14)23;/h5-8,13H,3-4,9-12H2,1-2H3;1H/q+1;/p-1. The Morgan fingerprint density at radius 3 is 2.84 bits per heavy atom. The highest BCUT2D eigenvalue weighted by Gasteiger charge is 2.32. The lowest BCUT2D eigenvalue weighted by Crippen LogP contribution is -3.00. The molecule has 0 atom stereocenters. The van der Waals surface area contributed by atoms with Crippen molar-refractivity contribution in [3.8, 4) is 0 Å². The summed E-state index contributed by atoms with van der Waals surface area (Å²) < 4.78 is 4.84. The van der Waals surface area contributed by atoms with Crippen molar-refractivity contribution in [2.75, 3.05) is 18.8 Å². The Labute approximate surface area is 175 Å². The van der Waals surface area contributed by atoms with Gasteiger partial charge in [-0.3, -0.25) is 0 Å². The third kappa shape index (κ3) is 3.35. The number of thioether (sulfide) groups is 1. The molecule has 4 rings (SSSR count). The molecule has 1 aromatic carbocycles. The molecular weight excluding hydrogens is 465 g/mol. The third-order valence-corrected chi connectivity index (χ3v) is 6.28. The number of nitrogens with zero attached hydrogens (tertiary/aromatic N) is 3. The number of halogens is 2. The first kappa shape index (κ1) is 19.1. The largest absolute Gasteiger partial charge is 1.00 e. The van der Waals surface area contributed by atoms with E-state index in [9.17, 15) is 0 Å². The van der Waals surface area contributed by atoms with Gasteiger partial charge in [-0.1, -0.05) is 11.6 Å².